The maximum absolute atomic E-state index is 13.2. The number of hydrogen-bond donors (Lipinski definition) is 2. The molecule has 176 valence electrons. The number of alkyl halides is 1. The minimum absolute atomic E-state index is 0.248. The van der Waals surface area contributed by atoms with Gasteiger partial charge < -0.3 is 20.3 Å². The molecular formula is C25H30FN3O4. The van der Waals surface area contributed by atoms with Gasteiger partial charge in [-0.25, -0.2) is 9.18 Å². The molecule has 33 heavy (non-hydrogen) atoms. The highest BCUT2D eigenvalue weighted by molar-refractivity contribution is 5.93. The molecule has 3 amide bonds. The first-order valence-electron chi connectivity index (χ1n) is 11.2. The molecule has 1 aliphatic rings. The lowest BCUT2D eigenvalue weighted by molar-refractivity contribution is -0.129. The van der Waals surface area contributed by atoms with Crippen molar-refractivity contribution in [2.45, 2.75) is 31.3 Å². The van der Waals surface area contributed by atoms with E-state index in [2.05, 4.69) is 10.6 Å². The van der Waals surface area contributed by atoms with Crippen LogP contribution in [-0.4, -0.2) is 67.7 Å². The second-order valence-electron chi connectivity index (χ2n) is 7.98. The first-order valence-corrected chi connectivity index (χ1v) is 11.2. The zero-order valence-electron chi connectivity index (χ0n) is 18.5. The third kappa shape index (κ3) is 7.68. The number of amides is 3. The van der Waals surface area contributed by atoms with Crippen LogP contribution in [0.1, 0.15) is 17.5 Å². The van der Waals surface area contributed by atoms with Gasteiger partial charge in [-0.3, -0.25) is 9.59 Å². The van der Waals surface area contributed by atoms with Gasteiger partial charge in [-0.05, 0) is 24.0 Å². The highest BCUT2D eigenvalue weighted by Crippen LogP contribution is 2.09. The second kappa shape index (κ2) is 12.7. The number of carbonyl (C=O) groups excluding carboxylic acids is 3. The molecule has 0 bridgehead atoms. The van der Waals surface area contributed by atoms with Gasteiger partial charge in [-0.1, -0.05) is 60.7 Å². The fourth-order valence-corrected chi connectivity index (χ4v) is 3.70. The van der Waals surface area contributed by atoms with E-state index < -0.39 is 30.4 Å². The van der Waals surface area contributed by atoms with Crippen molar-refractivity contribution < 1.29 is 23.5 Å². The van der Waals surface area contributed by atoms with E-state index in [1.807, 2.05) is 60.7 Å². The van der Waals surface area contributed by atoms with E-state index in [1.54, 1.807) is 4.90 Å². The summed E-state index contributed by atoms with van der Waals surface area (Å²) >= 11 is 0. The maximum Gasteiger partial charge on any atom is 0.318 e. The van der Waals surface area contributed by atoms with Crippen molar-refractivity contribution in [3.63, 3.8) is 0 Å². The summed E-state index contributed by atoms with van der Waals surface area (Å²) in [5, 5.41) is 5.47. The van der Waals surface area contributed by atoms with E-state index in [1.165, 1.54) is 0 Å². The number of carbonyl (C=O) groups is 3. The number of nitrogens with one attached hydrogen (secondary N) is 2. The molecule has 1 fully saturated rings. The molecule has 0 aliphatic carbocycles. The summed E-state index contributed by atoms with van der Waals surface area (Å²) < 4.78 is 18.5. The monoisotopic (exact) mass is 455 g/mol. The molecule has 2 atom stereocenters. The highest BCUT2D eigenvalue weighted by Gasteiger charge is 2.28. The lowest BCUT2D eigenvalue weighted by Gasteiger charge is -2.29. The molecule has 3 rings (SSSR count). The van der Waals surface area contributed by atoms with Crippen LogP contribution in [0.3, 0.4) is 0 Å². The fourth-order valence-electron chi connectivity index (χ4n) is 3.70. The molecule has 0 radical (unpaired) electrons. The average Bonchev–Trinajstić information content (AvgIpc) is 2.87. The van der Waals surface area contributed by atoms with Crippen LogP contribution >= 0.6 is 0 Å². The van der Waals surface area contributed by atoms with E-state index >= 15 is 0 Å². The van der Waals surface area contributed by atoms with Crippen LogP contribution in [0.2, 0.25) is 0 Å². The van der Waals surface area contributed by atoms with E-state index in [9.17, 15) is 18.8 Å². The Morgan fingerprint density at radius 2 is 1.48 bits per heavy atom. The number of morpholine rings is 1. The van der Waals surface area contributed by atoms with E-state index in [-0.39, 0.29) is 18.9 Å². The number of Topliss-reactive ketones (excluding diaryl/α,β-unsaturated/α-hetero) is 1. The molecule has 2 aromatic rings. The lowest BCUT2D eigenvalue weighted by atomic mass is 10.0. The van der Waals surface area contributed by atoms with Gasteiger partial charge in [0.2, 0.25) is 5.91 Å². The van der Waals surface area contributed by atoms with E-state index in [0.717, 1.165) is 11.1 Å². The topological polar surface area (TPSA) is 87.7 Å². The van der Waals surface area contributed by atoms with Gasteiger partial charge in [0.15, 0.2) is 5.78 Å². The van der Waals surface area contributed by atoms with E-state index in [0.29, 0.717) is 32.7 Å². The Balaban J connectivity index is 1.69. The summed E-state index contributed by atoms with van der Waals surface area (Å²) in [7, 11) is 0. The molecule has 0 spiro atoms. The number of urea groups is 1. The highest BCUT2D eigenvalue weighted by atomic mass is 19.1. The number of benzene rings is 2. The number of ketones is 1. The molecule has 2 aromatic carbocycles. The minimum Gasteiger partial charge on any atom is -0.378 e. The minimum atomic E-state index is -1.16. The van der Waals surface area contributed by atoms with Crippen molar-refractivity contribution in [2.24, 2.45) is 0 Å². The van der Waals surface area contributed by atoms with Crippen LogP contribution in [0.5, 0.6) is 0 Å². The Morgan fingerprint density at radius 3 is 2.09 bits per heavy atom. The Bertz CT molecular complexity index is 904. The first-order chi connectivity index (χ1) is 16.1. The number of rotatable bonds is 10. The zero-order chi connectivity index (χ0) is 23.5. The van der Waals surface area contributed by atoms with Crippen LogP contribution in [0.25, 0.3) is 0 Å². The number of aryl methyl sites for hydroxylation is 1. The third-order valence-electron chi connectivity index (χ3n) is 5.60. The van der Waals surface area contributed by atoms with Gasteiger partial charge in [0.25, 0.3) is 0 Å². The molecule has 1 saturated heterocycles. The largest absolute Gasteiger partial charge is 0.378 e. The van der Waals surface area contributed by atoms with Gasteiger partial charge in [0.1, 0.15) is 12.7 Å². The van der Waals surface area contributed by atoms with Crippen molar-refractivity contribution >= 4 is 17.7 Å². The molecule has 7 nitrogen and oxygen atoms in total. The molecule has 1 unspecified atom stereocenters. The second-order valence-corrected chi connectivity index (χ2v) is 7.98. The number of hydrogen-bond acceptors (Lipinski definition) is 4. The number of ether oxygens (including phenoxy) is 1. The Labute approximate surface area is 193 Å². The van der Waals surface area contributed by atoms with Crippen molar-refractivity contribution in [2.75, 3.05) is 33.0 Å². The molecular weight excluding hydrogens is 425 g/mol. The van der Waals surface area contributed by atoms with E-state index in [4.69, 9.17) is 4.74 Å². The molecule has 2 N–H and O–H groups in total. The van der Waals surface area contributed by atoms with Gasteiger partial charge in [0, 0.05) is 19.5 Å². The van der Waals surface area contributed by atoms with Gasteiger partial charge in [-0.15, -0.1) is 0 Å². The SMILES string of the molecule is O=C(N[C@@H](CCc1ccccc1)C(=O)CF)C(Cc1ccccc1)NC(=O)N1CCOCC1. The van der Waals surface area contributed by atoms with Crippen LogP contribution < -0.4 is 10.6 Å². The van der Waals surface area contributed by atoms with Gasteiger partial charge >= 0.3 is 6.03 Å². The average molecular weight is 456 g/mol. The third-order valence-corrected chi connectivity index (χ3v) is 5.60. The number of halogens is 1. The summed E-state index contributed by atoms with van der Waals surface area (Å²) in [6, 6.07) is 16.5. The predicted molar refractivity (Wildman–Crippen MR) is 123 cm³/mol. The van der Waals surface area contributed by atoms with Crippen molar-refractivity contribution in [3.8, 4) is 0 Å². The van der Waals surface area contributed by atoms with Crippen molar-refractivity contribution in [3.05, 3.63) is 71.8 Å². The summed E-state index contributed by atoms with van der Waals surface area (Å²) in [5.41, 5.74) is 1.85. The molecule has 0 saturated carbocycles. The summed E-state index contributed by atoms with van der Waals surface area (Å²) in [4.78, 5) is 39.7. The predicted octanol–water partition coefficient (Wildman–Crippen LogP) is 2.30. The van der Waals surface area contributed by atoms with Crippen LogP contribution in [0.15, 0.2) is 60.7 Å². The normalized spacial score (nSPS) is 15.4. The smallest absolute Gasteiger partial charge is 0.318 e. The van der Waals surface area contributed by atoms with Crippen LogP contribution in [-0.2, 0) is 27.2 Å². The van der Waals surface area contributed by atoms with Crippen molar-refractivity contribution in [1.82, 2.24) is 15.5 Å². The van der Waals surface area contributed by atoms with Gasteiger partial charge in [-0.2, -0.15) is 0 Å². The van der Waals surface area contributed by atoms with Crippen LogP contribution in [0.4, 0.5) is 9.18 Å². The maximum atomic E-state index is 13.2. The standard InChI is InChI=1S/C25H30FN3O4/c26-18-23(30)21(12-11-19-7-3-1-4-8-19)27-24(31)22(17-20-9-5-2-6-10-20)28-25(32)29-13-15-33-16-14-29/h1-10,21-22H,11-18H2,(H,27,31)(H,28,32)/t21-,22?/m0/s1. The first kappa shape index (κ1) is 24.4. The summed E-state index contributed by atoms with van der Waals surface area (Å²) in [6.45, 7) is 0.589. The Hall–Kier alpha value is -3.26. The fraction of sp³-hybridized carbons (Fsp3) is 0.400. The lowest BCUT2D eigenvalue weighted by Crippen LogP contribution is -2.56. The zero-order valence-corrected chi connectivity index (χ0v) is 18.5. The van der Waals surface area contributed by atoms with Gasteiger partial charge in [0.05, 0.1) is 19.3 Å². The molecule has 1 aliphatic heterocycles. The Morgan fingerprint density at radius 1 is 0.879 bits per heavy atom. The number of nitrogens with zero attached hydrogens (tertiary/aromatic N) is 1. The molecule has 8 heteroatoms. The summed E-state index contributed by atoms with van der Waals surface area (Å²) in [5.74, 6) is -1.20. The molecule has 1 heterocycles. The van der Waals surface area contributed by atoms with Crippen LogP contribution in [0, 0.1) is 0 Å². The summed E-state index contributed by atoms with van der Waals surface area (Å²) in [6.07, 6.45) is 1.03. The Kier molecular flexibility index (Phi) is 9.38. The quantitative estimate of drug-likeness (QED) is 0.576. The van der Waals surface area contributed by atoms with Crippen molar-refractivity contribution in [1.29, 1.82) is 0 Å². The molecule has 0 aromatic heterocycles.